The minimum Gasteiger partial charge on any atom is -0.330 e. The van der Waals surface area contributed by atoms with E-state index >= 15 is 0 Å². The summed E-state index contributed by atoms with van der Waals surface area (Å²) in [5.41, 5.74) is 6.41. The number of aromatic nitrogens is 3. The van der Waals surface area contributed by atoms with Gasteiger partial charge in [-0.2, -0.15) is 0 Å². The van der Waals surface area contributed by atoms with Crippen molar-refractivity contribution in [2.45, 2.75) is 39.3 Å². The third kappa shape index (κ3) is 6.27. The molecule has 0 radical (unpaired) electrons. The molecule has 8 nitrogen and oxygen atoms in total. The van der Waals surface area contributed by atoms with Gasteiger partial charge in [-0.3, -0.25) is 20.2 Å². The van der Waals surface area contributed by atoms with E-state index in [1.165, 1.54) is 9.25 Å². The summed E-state index contributed by atoms with van der Waals surface area (Å²) < 4.78 is 3.64. The molecule has 3 aromatic rings. The minimum atomic E-state index is -0.423. The number of halogens is 1. The van der Waals surface area contributed by atoms with Gasteiger partial charge in [0.2, 0.25) is 0 Å². The summed E-state index contributed by atoms with van der Waals surface area (Å²) in [6, 6.07) is 16.8. The first-order chi connectivity index (χ1) is 15.5. The van der Waals surface area contributed by atoms with Crippen molar-refractivity contribution in [3.8, 4) is 11.4 Å². The Labute approximate surface area is 200 Å². The first kappa shape index (κ1) is 23.7. The zero-order valence-electron chi connectivity index (χ0n) is 17.7. The summed E-state index contributed by atoms with van der Waals surface area (Å²) in [5.74, 6) is 0.0323. The van der Waals surface area contributed by atoms with Crippen LogP contribution in [0.3, 0.4) is 0 Å². The molecule has 0 saturated carbocycles. The molecule has 0 spiro atoms. The number of benzene rings is 2. The van der Waals surface area contributed by atoms with Crippen LogP contribution in [0, 0.1) is 0 Å². The molecule has 1 amide bonds. The topological polar surface area (TPSA) is 93.0 Å². The maximum Gasteiger partial charge on any atom is 0.346 e. The molecule has 3 N–H and O–H groups in total. The smallest absolute Gasteiger partial charge is 0.330 e. The van der Waals surface area contributed by atoms with Crippen molar-refractivity contribution in [1.29, 1.82) is 0 Å². The van der Waals surface area contributed by atoms with Crippen LogP contribution in [0.2, 0.25) is 0 Å². The number of nitrogens with zero attached hydrogens (tertiary/aromatic N) is 3. The number of hydrogen-bond donors (Lipinski definition) is 3. The molecule has 168 valence electrons. The second kappa shape index (κ2) is 11.6. The van der Waals surface area contributed by atoms with Crippen molar-refractivity contribution < 1.29 is 4.79 Å². The van der Waals surface area contributed by atoms with Crippen LogP contribution in [0.1, 0.15) is 26.2 Å². The molecule has 0 aliphatic rings. The first-order valence-electron chi connectivity index (χ1n) is 10.3. The van der Waals surface area contributed by atoms with Gasteiger partial charge in [-0.05, 0) is 46.7 Å². The molecule has 0 unspecified atom stereocenters. The number of hydrazine groups is 1. The second-order valence-corrected chi connectivity index (χ2v) is 8.36. The molecule has 3 rings (SSSR count). The molecule has 0 atom stereocenters. The van der Waals surface area contributed by atoms with Crippen LogP contribution >= 0.6 is 28.1 Å². The lowest BCUT2D eigenvalue weighted by molar-refractivity contribution is -0.122. The largest absolute Gasteiger partial charge is 0.346 e. The molecule has 0 saturated heterocycles. The SMILES string of the molecule is CCCCCn1nc(-c2ccccc2)n(CC(=O)NNC(=S)Nc2ccccc2Br)c1=O. The van der Waals surface area contributed by atoms with Crippen molar-refractivity contribution in [3.63, 3.8) is 0 Å². The Morgan fingerprint density at radius 2 is 1.78 bits per heavy atom. The van der Waals surface area contributed by atoms with Crippen LogP contribution in [0.4, 0.5) is 5.69 Å². The van der Waals surface area contributed by atoms with E-state index in [0.29, 0.717) is 12.4 Å². The van der Waals surface area contributed by atoms with E-state index in [0.717, 1.165) is 35.0 Å². The van der Waals surface area contributed by atoms with Crippen molar-refractivity contribution >= 4 is 44.9 Å². The highest BCUT2D eigenvalue weighted by Gasteiger charge is 2.17. The minimum absolute atomic E-state index is 0.193. The van der Waals surface area contributed by atoms with Crippen LogP contribution in [-0.2, 0) is 17.9 Å². The van der Waals surface area contributed by atoms with Crippen molar-refractivity contribution in [2.24, 2.45) is 0 Å². The third-order valence-corrected chi connectivity index (χ3v) is 5.56. The Balaban J connectivity index is 1.69. The third-order valence-electron chi connectivity index (χ3n) is 4.67. The van der Waals surface area contributed by atoms with Crippen LogP contribution in [0.15, 0.2) is 63.9 Å². The maximum absolute atomic E-state index is 12.9. The van der Waals surface area contributed by atoms with Gasteiger partial charge < -0.3 is 5.32 Å². The summed E-state index contributed by atoms with van der Waals surface area (Å²) in [6.45, 7) is 2.42. The van der Waals surface area contributed by atoms with Crippen LogP contribution in [-0.4, -0.2) is 25.4 Å². The molecule has 1 heterocycles. The highest BCUT2D eigenvalue weighted by Crippen LogP contribution is 2.20. The standard InChI is InChI=1S/C22H25BrN6O2S/c1-2-3-9-14-29-22(31)28(20(27-29)16-10-5-4-6-11-16)15-19(30)25-26-21(32)24-18-13-8-7-12-17(18)23/h4-8,10-13H,2-3,9,14-15H2,1H3,(H,25,30)(H2,24,26,32). The molecular weight excluding hydrogens is 492 g/mol. The molecule has 0 fully saturated rings. The molecule has 0 aliphatic heterocycles. The lowest BCUT2D eigenvalue weighted by Gasteiger charge is -2.13. The number of carbonyl (C=O) groups is 1. The fraction of sp³-hybridized carbons (Fsp3) is 0.273. The summed E-state index contributed by atoms with van der Waals surface area (Å²) in [5, 5.41) is 7.69. The molecule has 0 bridgehead atoms. The summed E-state index contributed by atoms with van der Waals surface area (Å²) in [4.78, 5) is 25.5. The number of rotatable bonds is 8. The van der Waals surface area contributed by atoms with Crippen molar-refractivity contribution in [1.82, 2.24) is 25.2 Å². The average molecular weight is 517 g/mol. The van der Waals surface area contributed by atoms with Gasteiger partial charge in [0.15, 0.2) is 10.9 Å². The molecule has 0 aliphatic carbocycles. The van der Waals surface area contributed by atoms with Gasteiger partial charge in [0.1, 0.15) is 6.54 Å². The zero-order chi connectivity index (χ0) is 22.9. The molecule has 1 aromatic heterocycles. The van der Waals surface area contributed by atoms with E-state index in [1.54, 1.807) is 0 Å². The highest BCUT2D eigenvalue weighted by atomic mass is 79.9. The van der Waals surface area contributed by atoms with E-state index < -0.39 is 5.91 Å². The number of thiocarbonyl (C=S) groups is 1. The molecular formula is C22H25BrN6O2S. The zero-order valence-corrected chi connectivity index (χ0v) is 20.1. The Kier molecular flexibility index (Phi) is 8.57. The number of unbranched alkanes of at least 4 members (excludes halogenated alkanes) is 2. The first-order valence-corrected chi connectivity index (χ1v) is 11.5. The quantitative estimate of drug-likeness (QED) is 0.240. The Morgan fingerprint density at radius 1 is 1.06 bits per heavy atom. The highest BCUT2D eigenvalue weighted by molar-refractivity contribution is 9.10. The lowest BCUT2D eigenvalue weighted by Crippen LogP contribution is -2.46. The van der Waals surface area contributed by atoms with Gasteiger partial charge in [-0.15, -0.1) is 5.10 Å². The number of para-hydroxylation sites is 1. The number of hydrogen-bond acceptors (Lipinski definition) is 4. The predicted molar refractivity (Wildman–Crippen MR) is 133 cm³/mol. The summed E-state index contributed by atoms with van der Waals surface area (Å²) >= 11 is 8.65. The molecule has 32 heavy (non-hydrogen) atoms. The van der Waals surface area contributed by atoms with Gasteiger partial charge in [0, 0.05) is 16.6 Å². The second-order valence-electron chi connectivity index (χ2n) is 7.10. The van der Waals surface area contributed by atoms with E-state index in [9.17, 15) is 9.59 Å². The Hall–Kier alpha value is -2.98. The van der Waals surface area contributed by atoms with Gasteiger partial charge in [0.25, 0.3) is 5.91 Å². The number of aryl methyl sites for hydroxylation is 1. The van der Waals surface area contributed by atoms with Crippen LogP contribution < -0.4 is 21.9 Å². The lowest BCUT2D eigenvalue weighted by atomic mass is 10.2. The number of carbonyl (C=O) groups excluding carboxylic acids is 1. The maximum atomic E-state index is 12.9. The monoisotopic (exact) mass is 516 g/mol. The fourth-order valence-electron chi connectivity index (χ4n) is 3.07. The Morgan fingerprint density at radius 3 is 2.50 bits per heavy atom. The van der Waals surface area contributed by atoms with Gasteiger partial charge in [0.05, 0.1) is 5.69 Å². The van der Waals surface area contributed by atoms with E-state index in [4.69, 9.17) is 12.2 Å². The number of amides is 1. The summed E-state index contributed by atoms with van der Waals surface area (Å²) in [7, 11) is 0. The molecule has 10 heteroatoms. The Bertz CT molecular complexity index is 1130. The van der Waals surface area contributed by atoms with E-state index in [-0.39, 0.29) is 17.3 Å². The fourth-order valence-corrected chi connectivity index (χ4v) is 3.61. The van der Waals surface area contributed by atoms with Crippen LogP contribution in [0.25, 0.3) is 11.4 Å². The van der Waals surface area contributed by atoms with Crippen molar-refractivity contribution in [2.75, 3.05) is 5.32 Å². The van der Waals surface area contributed by atoms with Gasteiger partial charge in [-0.1, -0.05) is 62.2 Å². The number of nitrogens with one attached hydrogen (secondary N) is 3. The number of anilines is 1. The van der Waals surface area contributed by atoms with Crippen molar-refractivity contribution in [3.05, 3.63) is 69.6 Å². The van der Waals surface area contributed by atoms with Gasteiger partial charge in [-0.25, -0.2) is 9.48 Å². The van der Waals surface area contributed by atoms with Crippen LogP contribution in [0.5, 0.6) is 0 Å². The van der Waals surface area contributed by atoms with E-state index in [1.807, 2.05) is 54.6 Å². The summed E-state index contributed by atoms with van der Waals surface area (Å²) in [6.07, 6.45) is 2.90. The average Bonchev–Trinajstić information content (AvgIpc) is 3.10. The van der Waals surface area contributed by atoms with E-state index in [2.05, 4.69) is 44.1 Å². The van der Waals surface area contributed by atoms with Gasteiger partial charge >= 0.3 is 5.69 Å². The molecule has 2 aromatic carbocycles. The normalized spacial score (nSPS) is 10.6. The predicted octanol–water partition coefficient (Wildman–Crippen LogP) is 3.68.